The minimum atomic E-state index is -0.201. The molecule has 1 aromatic heterocycles. The van der Waals surface area contributed by atoms with Gasteiger partial charge in [-0.15, -0.1) is 10.2 Å². The lowest BCUT2D eigenvalue weighted by Crippen LogP contribution is -2.36. The summed E-state index contributed by atoms with van der Waals surface area (Å²) < 4.78 is 1.93. The molecule has 0 bridgehead atoms. The third kappa shape index (κ3) is 3.71. The van der Waals surface area contributed by atoms with E-state index in [4.69, 9.17) is 5.73 Å². The maximum Gasteiger partial charge on any atom is 0.233 e. The Balaban J connectivity index is 2.72. The van der Waals surface area contributed by atoms with Crippen LogP contribution >= 0.6 is 11.8 Å². The number of hydrogen-bond acceptors (Lipinski definition) is 5. The van der Waals surface area contributed by atoms with Crippen LogP contribution in [0.5, 0.6) is 0 Å². The number of amides is 1. The summed E-state index contributed by atoms with van der Waals surface area (Å²) in [6.45, 7) is 8.85. The molecule has 0 spiro atoms. The van der Waals surface area contributed by atoms with Gasteiger partial charge >= 0.3 is 0 Å². The minimum Gasteiger partial charge on any atom is -0.353 e. The quantitative estimate of drug-likeness (QED) is 0.746. The molecule has 7 heteroatoms. The van der Waals surface area contributed by atoms with Crippen LogP contribution in [-0.4, -0.2) is 32.0 Å². The molecule has 102 valence electrons. The van der Waals surface area contributed by atoms with Crippen molar-refractivity contribution in [3.8, 4) is 0 Å². The molecule has 0 fully saturated rings. The van der Waals surface area contributed by atoms with Crippen molar-refractivity contribution in [1.82, 2.24) is 20.1 Å². The van der Waals surface area contributed by atoms with E-state index in [1.165, 1.54) is 11.8 Å². The number of hydrogen-bond donors (Lipinski definition) is 2. The lowest BCUT2D eigenvalue weighted by molar-refractivity contribution is -0.120. The Bertz CT molecular complexity index is 404. The van der Waals surface area contributed by atoms with E-state index in [1.807, 2.05) is 32.3 Å². The second-order valence-corrected chi connectivity index (χ2v) is 5.58. The number of rotatable bonds is 6. The van der Waals surface area contributed by atoms with Crippen LogP contribution in [0.4, 0.5) is 0 Å². The van der Waals surface area contributed by atoms with Gasteiger partial charge in [0.1, 0.15) is 5.82 Å². The van der Waals surface area contributed by atoms with Crippen LogP contribution in [-0.2, 0) is 17.9 Å². The second kappa shape index (κ2) is 6.75. The predicted molar refractivity (Wildman–Crippen MR) is 72.2 cm³/mol. The third-order valence-electron chi connectivity index (χ3n) is 2.37. The molecule has 1 amide bonds. The molecule has 1 rings (SSSR count). The summed E-state index contributed by atoms with van der Waals surface area (Å²) >= 11 is 1.40. The second-order valence-electron chi connectivity index (χ2n) is 4.27. The topological polar surface area (TPSA) is 85.8 Å². The first-order valence-electron chi connectivity index (χ1n) is 6.08. The molecule has 18 heavy (non-hydrogen) atoms. The summed E-state index contributed by atoms with van der Waals surface area (Å²) in [4.78, 5) is 11.8. The highest BCUT2D eigenvalue weighted by molar-refractivity contribution is 8.00. The van der Waals surface area contributed by atoms with E-state index in [0.29, 0.717) is 6.54 Å². The molecule has 6 nitrogen and oxygen atoms in total. The van der Waals surface area contributed by atoms with E-state index >= 15 is 0 Å². The van der Waals surface area contributed by atoms with Crippen molar-refractivity contribution in [3.05, 3.63) is 5.82 Å². The summed E-state index contributed by atoms with van der Waals surface area (Å²) in [5, 5.41) is 11.5. The van der Waals surface area contributed by atoms with Crippen LogP contribution in [0, 0.1) is 0 Å². The van der Waals surface area contributed by atoms with Crippen LogP contribution in [0.25, 0.3) is 0 Å². The molecule has 1 atom stereocenters. The zero-order valence-electron chi connectivity index (χ0n) is 11.3. The fourth-order valence-corrected chi connectivity index (χ4v) is 2.43. The van der Waals surface area contributed by atoms with E-state index in [2.05, 4.69) is 15.5 Å². The van der Waals surface area contributed by atoms with Crippen LogP contribution in [0.1, 0.15) is 33.5 Å². The van der Waals surface area contributed by atoms with E-state index < -0.39 is 0 Å². The van der Waals surface area contributed by atoms with Crippen LogP contribution in [0.15, 0.2) is 5.16 Å². The molecule has 0 aromatic carbocycles. The average molecular weight is 271 g/mol. The van der Waals surface area contributed by atoms with Gasteiger partial charge in [-0.05, 0) is 27.7 Å². The van der Waals surface area contributed by atoms with Crippen LogP contribution in [0.2, 0.25) is 0 Å². The van der Waals surface area contributed by atoms with Crippen molar-refractivity contribution < 1.29 is 4.79 Å². The van der Waals surface area contributed by atoms with E-state index in [9.17, 15) is 4.79 Å². The Morgan fingerprint density at radius 1 is 1.44 bits per heavy atom. The molecule has 1 unspecified atom stereocenters. The van der Waals surface area contributed by atoms with E-state index in [-0.39, 0.29) is 17.2 Å². The summed E-state index contributed by atoms with van der Waals surface area (Å²) in [5.41, 5.74) is 5.58. The summed E-state index contributed by atoms with van der Waals surface area (Å²) in [6, 6.07) is 0.143. The number of nitrogens with one attached hydrogen (secondary N) is 1. The lowest BCUT2D eigenvalue weighted by Gasteiger charge is -2.14. The van der Waals surface area contributed by atoms with Gasteiger partial charge in [-0.1, -0.05) is 11.8 Å². The van der Waals surface area contributed by atoms with Crippen molar-refractivity contribution in [2.45, 2.75) is 57.2 Å². The molecule has 0 saturated carbocycles. The molecular weight excluding hydrogens is 250 g/mol. The third-order valence-corrected chi connectivity index (χ3v) is 3.46. The number of carbonyl (C=O) groups is 1. The van der Waals surface area contributed by atoms with Gasteiger partial charge in [0.15, 0.2) is 5.16 Å². The Kier molecular flexibility index (Phi) is 5.61. The predicted octanol–water partition coefficient (Wildman–Crippen LogP) is 0.762. The number of nitrogens with zero attached hydrogens (tertiary/aromatic N) is 3. The zero-order chi connectivity index (χ0) is 13.7. The van der Waals surface area contributed by atoms with E-state index in [1.54, 1.807) is 0 Å². The molecular formula is C11H21N5OS. The van der Waals surface area contributed by atoms with Crippen molar-refractivity contribution in [3.63, 3.8) is 0 Å². The lowest BCUT2D eigenvalue weighted by atomic mass is 10.3. The van der Waals surface area contributed by atoms with Gasteiger partial charge in [0.05, 0.1) is 11.8 Å². The number of nitrogens with two attached hydrogens (primary N) is 1. The highest BCUT2D eigenvalue weighted by Crippen LogP contribution is 2.22. The monoisotopic (exact) mass is 271 g/mol. The van der Waals surface area contributed by atoms with Crippen molar-refractivity contribution in [2.24, 2.45) is 5.73 Å². The van der Waals surface area contributed by atoms with Gasteiger partial charge in [0.2, 0.25) is 5.91 Å². The van der Waals surface area contributed by atoms with Gasteiger partial charge in [0.25, 0.3) is 0 Å². The largest absolute Gasteiger partial charge is 0.353 e. The maximum absolute atomic E-state index is 11.8. The highest BCUT2D eigenvalue weighted by Gasteiger charge is 2.19. The molecule has 3 N–H and O–H groups in total. The summed E-state index contributed by atoms with van der Waals surface area (Å²) in [5.74, 6) is 0.756. The first-order chi connectivity index (χ1) is 8.49. The fourth-order valence-electron chi connectivity index (χ4n) is 1.49. The molecule has 1 heterocycles. The Labute approximate surface area is 112 Å². The van der Waals surface area contributed by atoms with Crippen LogP contribution in [0.3, 0.4) is 0 Å². The van der Waals surface area contributed by atoms with Crippen molar-refractivity contribution >= 4 is 17.7 Å². The Morgan fingerprint density at radius 2 is 2.11 bits per heavy atom. The Morgan fingerprint density at radius 3 is 2.61 bits per heavy atom. The molecule has 0 aliphatic carbocycles. The molecule has 1 aromatic rings. The van der Waals surface area contributed by atoms with E-state index in [0.717, 1.165) is 17.5 Å². The molecule has 0 aliphatic rings. The highest BCUT2D eigenvalue weighted by atomic mass is 32.2. The fraction of sp³-hybridized carbons (Fsp3) is 0.727. The zero-order valence-corrected chi connectivity index (χ0v) is 12.1. The SMILES string of the molecule is CCn1c(CN)nnc1SC(C)C(=O)NC(C)C. The van der Waals surface area contributed by atoms with Gasteiger partial charge in [-0.3, -0.25) is 4.79 Å². The molecule has 0 aliphatic heterocycles. The maximum atomic E-state index is 11.8. The average Bonchev–Trinajstić information content (AvgIpc) is 2.69. The number of aromatic nitrogens is 3. The van der Waals surface area contributed by atoms with Gasteiger partial charge in [0, 0.05) is 12.6 Å². The van der Waals surface area contributed by atoms with Gasteiger partial charge < -0.3 is 15.6 Å². The minimum absolute atomic E-state index is 0.00921. The summed E-state index contributed by atoms with van der Waals surface area (Å²) in [6.07, 6.45) is 0. The number of thioether (sulfide) groups is 1. The summed E-state index contributed by atoms with van der Waals surface area (Å²) in [7, 11) is 0. The number of carbonyl (C=O) groups excluding carboxylic acids is 1. The first kappa shape index (κ1) is 15.0. The molecule has 0 saturated heterocycles. The first-order valence-corrected chi connectivity index (χ1v) is 6.96. The van der Waals surface area contributed by atoms with Crippen LogP contribution < -0.4 is 11.1 Å². The normalized spacial score (nSPS) is 12.8. The smallest absolute Gasteiger partial charge is 0.233 e. The standard InChI is InChI=1S/C11H21N5OS/c1-5-16-9(6-12)14-15-11(16)18-8(4)10(17)13-7(2)3/h7-8H,5-6,12H2,1-4H3,(H,13,17). The van der Waals surface area contributed by atoms with Gasteiger partial charge in [-0.25, -0.2) is 0 Å². The van der Waals surface area contributed by atoms with Crippen molar-refractivity contribution in [1.29, 1.82) is 0 Å². The van der Waals surface area contributed by atoms with Crippen molar-refractivity contribution in [2.75, 3.05) is 0 Å². The van der Waals surface area contributed by atoms with Gasteiger partial charge in [-0.2, -0.15) is 0 Å². The molecule has 0 radical (unpaired) electrons. The Hall–Kier alpha value is -1.08.